The second-order valence-corrected chi connectivity index (χ2v) is 8.14. The summed E-state index contributed by atoms with van der Waals surface area (Å²) in [5.74, 6) is 0. The van der Waals surface area contributed by atoms with Crippen molar-refractivity contribution >= 4 is 0 Å². The molecule has 0 radical (unpaired) electrons. The van der Waals surface area contributed by atoms with E-state index in [0.717, 1.165) is 18.1 Å². The summed E-state index contributed by atoms with van der Waals surface area (Å²) in [6.45, 7) is 9.60. The maximum Gasteiger partial charge on any atom is 0.0101 e. The number of nitrogens with zero attached hydrogens (tertiary/aromatic N) is 1. The fraction of sp³-hybridized carbons (Fsp3) is 1.00. The van der Waals surface area contributed by atoms with Crippen LogP contribution in [0.1, 0.15) is 124 Å². The van der Waals surface area contributed by atoms with E-state index in [0.29, 0.717) is 0 Å². The second-order valence-electron chi connectivity index (χ2n) is 8.14. The number of hydrogen-bond donors (Lipinski definition) is 0. The Balaban J connectivity index is 2.42. The molecule has 0 aromatic heterocycles. The smallest absolute Gasteiger partial charge is 0.0101 e. The number of rotatable bonds is 13. The first kappa shape index (κ1) is 21.0. The second kappa shape index (κ2) is 13.3. The monoisotopic (exact) mass is 323 g/mol. The predicted octanol–water partition coefficient (Wildman–Crippen LogP) is 7.34. The third-order valence-corrected chi connectivity index (χ3v) is 5.97. The van der Waals surface area contributed by atoms with E-state index in [9.17, 15) is 0 Å². The van der Waals surface area contributed by atoms with Gasteiger partial charge in [0.15, 0.2) is 0 Å². The fourth-order valence-corrected chi connectivity index (χ4v) is 4.57. The summed E-state index contributed by atoms with van der Waals surface area (Å²) in [6.07, 6.45) is 21.5. The molecule has 1 heterocycles. The fourth-order valence-electron chi connectivity index (χ4n) is 4.57. The van der Waals surface area contributed by atoms with E-state index in [4.69, 9.17) is 0 Å². The molecule has 0 unspecified atom stereocenters. The van der Waals surface area contributed by atoms with Gasteiger partial charge in [0, 0.05) is 18.1 Å². The van der Waals surface area contributed by atoms with E-state index in [1.54, 1.807) is 0 Å². The van der Waals surface area contributed by atoms with Crippen LogP contribution < -0.4 is 0 Å². The summed E-state index contributed by atoms with van der Waals surface area (Å²) in [5, 5.41) is 0. The number of unbranched alkanes of at least 4 members (excludes halogenated alkanes) is 8. The Hall–Kier alpha value is -0.0400. The molecule has 0 aliphatic carbocycles. The zero-order valence-electron chi connectivity index (χ0n) is 16.8. The number of hydrogen-bond acceptors (Lipinski definition) is 1. The molecular formula is C22H45N. The molecule has 0 N–H and O–H groups in total. The quantitative estimate of drug-likeness (QED) is 0.320. The Labute approximate surface area is 147 Å². The van der Waals surface area contributed by atoms with E-state index in [1.165, 1.54) is 96.3 Å². The summed E-state index contributed by atoms with van der Waals surface area (Å²) in [5.41, 5.74) is 0. The Morgan fingerprint density at radius 2 is 1.13 bits per heavy atom. The van der Waals surface area contributed by atoms with Crippen LogP contribution in [0, 0.1) is 0 Å². The van der Waals surface area contributed by atoms with Crippen molar-refractivity contribution in [3.8, 4) is 0 Å². The summed E-state index contributed by atoms with van der Waals surface area (Å²) >= 11 is 0. The molecule has 1 fully saturated rings. The molecule has 0 aromatic rings. The first-order valence-corrected chi connectivity index (χ1v) is 11.0. The van der Waals surface area contributed by atoms with Crippen LogP contribution in [0.4, 0.5) is 0 Å². The highest BCUT2D eigenvalue weighted by molar-refractivity contribution is 4.85. The first-order valence-electron chi connectivity index (χ1n) is 11.0. The lowest BCUT2D eigenvalue weighted by atomic mass is 9.91. The largest absolute Gasteiger partial charge is 0.295 e. The van der Waals surface area contributed by atoms with Crippen molar-refractivity contribution in [3.05, 3.63) is 0 Å². The molecule has 0 spiro atoms. The van der Waals surface area contributed by atoms with Gasteiger partial charge in [0.2, 0.25) is 0 Å². The summed E-state index contributed by atoms with van der Waals surface area (Å²) in [6, 6.07) is 2.49. The van der Waals surface area contributed by atoms with Crippen LogP contribution >= 0.6 is 0 Å². The molecule has 1 aliphatic heterocycles. The standard InChI is InChI=1S/C22H45N/c1-5-7-9-11-13-18-22(19-14-12-10-8-6-2)23-20(3)16-15-17-21(23)4/h20-22H,5-19H2,1-4H3/t20-,21+. The molecular weight excluding hydrogens is 278 g/mol. The summed E-state index contributed by atoms with van der Waals surface area (Å²) in [7, 11) is 0. The van der Waals surface area contributed by atoms with Gasteiger partial charge < -0.3 is 0 Å². The molecule has 1 aliphatic rings. The maximum absolute atomic E-state index is 2.92. The van der Waals surface area contributed by atoms with Crippen LogP contribution in [0.2, 0.25) is 0 Å². The van der Waals surface area contributed by atoms with Crippen LogP contribution in [-0.2, 0) is 0 Å². The highest BCUT2D eigenvalue weighted by Gasteiger charge is 2.30. The number of piperidine rings is 1. The average Bonchev–Trinajstić information content (AvgIpc) is 2.53. The average molecular weight is 324 g/mol. The molecule has 0 aromatic carbocycles. The van der Waals surface area contributed by atoms with Gasteiger partial charge in [-0.1, -0.05) is 84.5 Å². The normalized spacial score (nSPS) is 22.8. The van der Waals surface area contributed by atoms with Crippen molar-refractivity contribution < 1.29 is 0 Å². The Morgan fingerprint density at radius 3 is 1.57 bits per heavy atom. The third-order valence-electron chi connectivity index (χ3n) is 5.97. The zero-order valence-corrected chi connectivity index (χ0v) is 16.8. The van der Waals surface area contributed by atoms with Gasteiger partial charge >= 0.3 is 0 Å². The van der Waals surface area contributed by atoms with Crippen LogP contribution in [0.5, 0.6) is 0 Å². The Bertz CT molecular complexity index is 239. The van der Waals surface area contributed by atoms with Crippen LogP contribution in [0.15, 0.2) is 0 Å². The molecule has 1 heteroatoms. The molecule has 0 saturated carbocycles. The van der Waals surface area contributed by atoms with E-state index < -0.39 is 0 Å². The van der Waals surface area contributed by atoms with Crippen molar-refractivity contribution in [2.24, 2.45) is 0 Å². The highest BCUT2D eigenvalue weighted by Crippen LogP contribution is 2.29. The maximum atomic E-state index is 2.92. The van der Waals surface area contributed by atoms with Gasteiger partial charge in [-0.15, -0.1) is 0 Å². The first-order chi connectivity index (χ1) is 11.2. The van der Waals surface area contributed by atoms with E-state index in [2.05, 4.69) is 32.6 Å². The van der Waals surface area contributed by atoms with Gasteiger partial charge in [-0.2, -0.15) is 0 Å². The lowest BCUT2D eigenvalue weighted by molar-refractivity contribution is 0.0441. The van der Waals surface area contributed by atoms with Crippen LogP contribution in [-0.4, -0.2) is 23.0 Å². The van der Waals surface area contributed by atoms with Gasteiger partial charge in [-0.05, 0) is 39.5 Å². The topological polar surface area (TPSA) is 3.24 Å². The van der Waals surface area contributed by atoms with Gasteiger partial charge in [0.05, 0.1) is 0 Å². The number of likely N-dealkylation sites (tertiary alicyclic amines) is 1. The predicted molar refractivity (Wildman–Crippen MR) is 105 cm³/mol. The van der Waals surface area contributed by atoms with Crippen LogP contribution in [0.25, 0.3) is 0 Å². The van der Waals surface area contributed by atoms with Crippen molar-refractivity contribution in [2.45, 2.75) is 142 Å². The molecule has 1 nitrogen and oxygen atoms in total. The van der Waals surface area contributed by atoms with Crippen molar-refractivity contribution in [1.29, 1.82) is 0 Å². The van der Waals surface area contributed by atoms with Gasteiger partial charge in [-0.3, -0.25) is 4.90 Å². The lowest BCUT2D eigenvalue weighted by Crippen LogP contribution is -2.49. The highest BCUT2D eigenvalue weighted by atomic mass is 15.2. The molecule has 0 amide bonds. The summed E-state index contributed by atoms with van der Waals surface area (Å²) in [4.78, 5) is 2.92. The van der Waals surface area contributed by atoms with Crippen molar-refractivity contribution in [3.63, 3.8) is 0 Å². The summed E-state index contributed by atoms with van der Waals surface area (Å²) < 4.78 is 0. The molecule has 0 bridgehead atoms. The molecule has 23 heavy (non-hydrogen) atoms. The molecule has 138 valence electrons. The Morgan fingerprint density at radius 1 is 0.696 bits per heavy atom. The van der Waals surface area contributed by atoms with Crippen molar-refractivity contribution in [1.82, 2.24) is 4.90 Å². The minimum atomic E-state index is 0.815. The van der Waals surface area contributed by atoms with Crippen molar-refractivity contribution in [2.75, 3.05) is 0 Å². The molecule has 1 rings (SSSR count). The van der Waals surface area contributed by atoms with Gasteiger partial charge in [0.25, 0.3) is 0 Å². The van der Waals surface area contributed by atoms with Gasteiger partial charge in [0.1, 0.15) is 0 Å². The van der Waals surface area contributed by atoms with Gasteiger partial charge in [-0.25, -0.2) is 0 Å². The Kier molecular flexibility index (Phi) is 12.1. The third kappa shape index (κ3) is 8.57. The van der Waals surface area contributed by atoms with Crippen LogP contribution in [0.3, 0.4) is 0 Å². The minimum Gasteiger partial charge on any atom is -0.295 e. The SMILES string of the molecule is CCCCCCCC(CCCCCCC)N1[C@H](C)CCC[C@@H]1C. The zero-order chi connectivity index (χ0) is 16.9. The minimum absolute atomic E-state index is 0.815. The molecule has 2 atom stereocenters. The lowest BCUT2D eigenvalue weighted by Gasteiger charge is -2.44. The van der Waals surface area contributed by atoms with E-state index in [1.807, 2.05) is 0 Å². The molecule has 1 saturated heterocycles. The van der Waals surface area contributed by atoms with E-state index >= 15 is 0 Å². The van der Waals surface area contributed by atoms with E-state index in [-0.39, 0.29) is 0 Å².